The molecule has 0 saturated heterocycles. The van der Waals surface area contributed by atoms with Crippen molar-refractivity contribution >= 4 is 5.97 Å². The van der Waals surface area contributed by atoms with Crippen LogP contribution in [-0.2, 0) is 11.2 Å². The van der Waals surface area contributed by atoms with Crippen molar-refractivity contribution in [1.29, 1.82) is 0 Å². The van der Waals surface area contributed by atoms with Gasteiger partial charge in [-0.2, -0.15) is 0 Å². The van der Waals surface area contributed by atoms with Gasteiger partial charge >= 0.3 is 5.97 Å². The Morgan fingerprint density at radius 3 is 2.30 bits per heavy atom. The van der Waals surface area contributed by atoms with Crippen molar-refractivity contribution in [2.24, 2.45) is 0 Å². The van der Waals surface area contributed by atoms with E-state index < -0.39 is 12.1 Å². The Hall–Kier alpha value is -1.51. The van der Waals surface area contributed by atoms with E-state index in [1.807, 2.05) is 24.3 Å². The Kier molecular flexibility index (Phi) is 7.78. The summed E-state index contributed by atoms with van der Waals surface area (Å²) in [6, 6.07) is 7.75. The molecule has 0 radical (unpaired) electrons. The lowest BCUT2D eigenvalue weighted by atomic mass is 10.0. The van der Waals surface area contributed by atoms with E-state index in [4.69, 9.17) is 9.84 Å². The maximum atomic E-state index is 10.7. The minimum atomic E-state index is -0.943. The van der Waals surface area contributed by atoms with Crippen molar-refractivity contribution in [1.82, 2.24) is 0 Å². The molecule has 0 aliphatic rings. The average molecular weight is 278 g/mol. The number of ether oxygens (including phenoxy) is 1. The summed E-state index contributed by atoms with van der Waals surface area (Å²) in [6.45, 7) is 3.77. The highest BCUT2D eigenvalue weighted by Gasteiger charge is 2.11. The number of carbonyl (C=O) groups is 1. The number of carboxylic acids is 1. The lowest BCUT2D eigenvalue weighted by molar-refractivity contribution is -0.144. The first-order chi connectivity index (χ1) is 9.63. The maximum absolute atomic E-state index is 10.7. The third-order valence-corrected chi connectivity index (χ3v) is 3.40. The fourth-order valence-electron chi connectivity index (χ4n) is 2.10. The second-order valence-corrected chi connectivity index (χ2v) is 5.26. The summed E-state index contributed by atoms with van der Waals surface area (Å²) in [7, 11) is 0. The number of carboxylic acid groups (broad SMARTS) is 1. The molecule has 0 heterocycles. The highest BCUT2D eigenvalue weighted by molar-refractivity contribution is 5.72. The molecule has 0 aliphatic heterocycles. The molecule has 1 atom stereocenters. The fourth-order valence-corrected chi connectivity index (χ4v) is 2.10. The van der Waals surface area contributed by atoms with Crippen LogP contribution in [0.15, 0.2) is 24.3 Å². The van der Waals surface area contributed by atoms with E-state index in [1.165, 1.54) is 51.0 Å². The Morgan fingerprint density at radius 1 is 1.10 bits per heavy atom. The first-order valence-corrected chi connectivity index (χ1v) is 7.62. The van der Waals surface area contributed by atoms with Gasteiger partial charge in [0, 0.05) is 0 Å². The Bertz CT molecular complexity index is 384. The van der Waals surface area contributed by atoms with Gasteiger partial charge in [0.1, 0.15) is 5.75 Å². The Labute approximate surface area is 122 Å². The SMILES string of the molecule is CCCCCCCCc1ccc(O[C@@H](C)C(=O)O)cc1. The van der Waals surface area contributed by atoms with Crippen LogP contribution < -0.4 is 4.74 Å². The van der Waals surface area contributed by atoms with Crippen LogP contribution in [0.25, 0.3) is 0 Å². The van der Waals surface area contributed by atoms with Gasteiger partial charge < -0.3 is 9.84 Å². The molecular weight excluding hydrogens is 252 g/mol. The number of rotatable bonds is 10. The fraction of sp³-hybridized carbons (Fsp3) is 0.588. The molecule has 1 rings (SSSR count). The van der Waals surface area contributed by atoms with Gasteiger partial charge in [0.15, 0.2) is 6.10 Å². The standard InChI is InChI=1S/C17H26O3/c1-3-4-5-6-7-8-9-15-10-12-16(13-11-15)20-14(2)17(18)19/h10-14H,3-9H2,1-2H3,(H,18,19)/t14-/m0/s1. The first kappa shape index (κ1) is 16.5. The van der Waals surface area contributed by atoms with E-state index >= 15 is 0 Å². The van der Waals surface area contributed by atoms with E-state index in [0.717, 1.165) is 6.42 Å². The van der Waals surface area contributed by atoms with Gasteiger partial charge in [-0.05, 0) is 37.5 Å². The molecule has 0 aliphatic carbocycles. The van der Waals surface area contributed by atoms with Crippen LogP contribution in [0.3, 0.4) is 0 Å². The number of benzene rings is 1. The quantitative estimate of drug-likeness (QED) is 0.643. The van der Waals surface area contributed by atoms with Crippen LogP contribution in [-0.4, -0.2) is 17.2 Å². The molecule has 0 unspecified atom stereocenters. The largest absolute Gasteiger partial charge is 0.479 e. The molecule has 0 bridgehead atoms. The van der Waals surface area contributed by atoms with Crippen molar-refractivity contribution < 1.29 is 14.6 Å². The molecule has 0 fully saturated rings. The summed E-state index contributed by atoms with van der Waals surface area (Å²) in [6.07, 6.45) is 8.08. The molecule has 0 aromatic heterocycles. The Balaban J connectivity index is 2.26. The van der Waals surface area contributed by atoms with Crippen molar-refractivity contribution in [3.63, 3.8) is 0 Å². The zero-order valence-electron chi connectivity index (χ0n) is 12.6. The molecule has 20 heavy (non-hydrogen) atoms. The number of hydrogen-bond donors (Lipinski definition) is 1. The highest BCUT2D eigenvalue weighted by atomic mass is 16.5. The molecular formula is C17H26O3. The topological polar surface area (TPSA) is 46.5 Å². The maximum Gasteiger partial charge on any atom is 0.344 e. The van der Waals surface area contributed by atoms with Gasteiger partial charge in [0.05, 0.1) is 0 Å². The number of hydrogen-bond acceptors (Lipinski definition) is 2. The molecule has 0 spiro atoms. The van der Waals surface area contributed by atoms with E-state index in [-0.39, 0.29) is 0 Å². The average Bonchev–Trinajstić information content (AvgIpc) is 2.44. The molecule has 112 valence electrons. The van der Waals surface area contributed by atoms with E-state index in [0.29, 0.717) is 5.75 Å². The summed E-state index contributed by atoms with van der Waals surface area (Å²) in [4.78, 5) is 10.7. The van der Waals surface area contributed by atoms with Crippen LogP contribution in [0, 0.1) is 0 Å². The van der Waals surface area contributed by atoms with Crippen LogP contribution >= 0.6 is 0 Å². The van der Waals surface area contributed by atoms with Crippen molar-refractivity contribution in [3.8, 4) is 5.75 Å². The normalized spacial score (nSPS) is 12.1. The zero-order chi connectivity index (χ0) is 14.8. The minimum Gasteiger partial charge on any atom is -0.479 e. The van der Waals surface area contributed by atoms with Gasteiger partial charge in [-0.25, -0.2) is 4.79 Å². The summed E-state index contributed by atoms with van der Waals surface area (Å²) in [5, 5.41) is 8.78. The predicted octanol–water partition coefficient (Wildman–Crippen LogP) is 4.44. The molecule has 3 nitrogen and oxygen atoms in total. The summed E-state index contributed by atoms with van der Waals surface area (Å²) in [5.41, 5.74) is 1.29. The second-order valence-electron chi connectivity index (χ2n) is 5.26. The van der Waals surface area contributed by atoms with E-state index in [2.05, 4.69) is 6.92 Å². The monoisotopic (exact) mass is 278 g/mol. The third kappa shape index (κ3) is 6.60. The number of aliphatic carboxylic acids is 1. The number of unbranched alkanes of at least 4 members (excludes halogenated alkanes) is 5. The highest BCUT2D eigenvalue weighted by Crippen LogP contribution is 2.16. The van der Waals surface area contributed by atoms with Gasteiger partial charge in [-0.3, -0.25) is 0 Å². The lowest BCUT2D eigenvalue weighted by Crippen LogP contribution is -2.22. The van der Waals surface area contributed by atoms with E-state index in [1.54, 1.807) is 0 Å². The molecule has 1 aromatic rings. The van der Waals surface area contributed by atoms with Crippen LogP contribution in [0.5, 0.6) is 5.75 Å². The lowest BCUT2D eigenvalue weighted by Gasteiger charge is -2.10. The smallest absolute Gasteiger partial charge is 0.344 e. The first-order valence-electron chi connectivity index (χ1n) is 7.62. The predicted molar refractivity (Wildman–Crippen MR) is 81.2 cm³/mol. The minimum absolute atomic E-state index is 0.617. The van der Waals surface area contributed by atoms with Crippen molar-refractivity contribution in [2.75, 3.05) is 0 Å². The van der Waals surface area contributed by atoms with Crippen LogP contribution in [0.2, 0.25) is 0 Å². The van der Waals surface area contributed by atoms with Gasteiger partial charge in [-0.15, -0.1) is 0 Å². The Morgan fingerprint density at radius 2 is 1.70 bits per heavy atom. The van der Waals surface area contributed by atoms with Crippen molar-refractivity contribution in [2.45, 2.75) is 64.9 Å². The van der Waals surface area contributed by atoms with Gasteiger partial charge in [-0.1, -0.05) is 51.2 Å². The number of aryl methyl sites for hydroxylation is 1. The summed E-state index contributed by atoms with van der Waals surface area (Å²) in [5.74, 6) is -0.326. The molecule has 1 aromatic carbocycles. The second kappa shape index (κ2) is 9.40. The van der Waals surface area contributed by atoms with Crippen LogP contribution in [0.4, 0.5) is 0 Å². The van der Waals surface area contributed by atoms with Gasteiger partial charge in [0.2, 0.25) is 0 Å². The third-order valence-electron chi connectivity index (χ3n) is 3.40. The molecule has 3 heteroatoms. The summed E-state index contributed by atoms with van der Waals surface area (Å²) >= 11 is 0. The van der Waals surface area contributed by atoms with Gasteiger partial charge in [0.25, 0.3) is 0 Å². The van der Waals surface area contributed by atoms with Crippen LogP contribution in [0.1, 0.15) is 57.9 Å². The summed E-state index contributed by atoms with van der Waals surface area (Å²) < 4.78 is 5.30. The molecule has 0 amide bonds. The molecule has 1 N–H and O–H groups in total. The van der Waals surface area contributed by atoms with E-state index in [9.17, 15) is 4.79 Å². The molecule has 0 saturated carbocycles. The zero-order valence-corrected chi connectivity index (χ0v) is 12.6. The van der Waals surface area contributed by atoms with Crippen molar-refractivity contribution in [3.05, 3.63) is 29.8 Å².